The van der Waals surface area contributed by atoms with Crippen LogP contribution in [0, 0.1) is 17.3 Å². The molecule has 3 unspecified atom stereocenters. The molecule has 28 heavy (non-hydrogen) atoms. The van der Waals surface area contributed by atoms with E-state index in [1.165, 1.54) is 33.0 Å². The molecule has 0 N–H and O–H groups in total. The molecule has 3 atom stereocenters. The molecule has 0 radical (unpaired) electrons. The van der Waals surface area contributed by atoms with Crippen molar-refractivity contribution in [2.75, 3.05) is 0 Å². The minimum atomic E-state index is 0.0363. The van der Waals surface area contributed by atoms with E-state index in [1.807, 2.05) is 0 Å². The van der Waals surface area contributed by atoms with Crippen LogP contribution in [-0.4, -0.2) is 0 Å². The van der Waals surface area contributed by atoms with Crippen LogP contribution in [0.3, 0.4) is 0 Å². The van der Waals surface area contributed by atoms with Gasteiger partial charge in [-0.15, -0.1) is 0 Å². The fourth-order valence-corrected chi connectivity index (χ4v) is 5.21. The van der Waals surface area contributed by atoms with Gasteiger partial charge in [-0.05, 0) is 64.1 Å². The van der Waals surface area contributed by atoms with Crippen molar-refractivity contribution in [1.82, 2.24) is 0 Å². The Morgan fingerprint density at radius 3 is 2.71 bits per heavy atom. The number of benzene rings is 2. The highest BCUT2D eigenvalue weighted by molar-refractivity contribution is 6.01. The molecule has 0 fully saturated rings. The molecule has 0 heteroatoms. The Morgan fingerprint density at radius 1 is 1.00 bits per heavy atom. The number of rotatable bonds is 0. The fourth-order valence-electron chi connectivity index (χ4n) is 5.21. The van der Waals surface area contributed by atoms with Gasteiger partial charge in [-0.25, -0.2) is 0 Å². The predicted octanol–water partition coefficient (Wildman–Crippen LogP) is 7.44. The second kappa shape index (κ2) is 6.48. The van der Waals surface area contributed by atoms with Gasteiger partial charge in [0, 0.05) is 5.41 Å². The van der Waals surface area contributed by atoms with Gasteiger partial charge in [-0.3, -0.25) is 0 Å². The highest BCUT2D eigenvalue weighted by atomic mass is 14.4. The average Bonchev–Trinajstić information content (AvgIpc) is 3.11. The number of hydrogen-bond acceptors (Lipinski definition) is 0. The first-order chi connectivity index (χ1) is 13.6. The van der Waals surface area contributed by atoms with Gasteiger partial charge in [-0.1, -0.05) is 98.9 Å². The summed E-state index contributed by atoms with van der Waals surface area (Å²) in [4.78, 5) is 0. The van der Waals surface area contributed by atoms with Gasteiger partial charge in [0.05, 0.1) is 0 Å². The first-order valence-electron chi connectivity index (χ1n) is 10.5. The maximum absolute atomic E-state index is 4.35. The second-order valence-corrected chi connectivity index (χ2v) is 8.89. The lowest BCUT2D eigenvalue weighted by Crippen LogP contribution is -2.29. The Kier molecular flexibility index (Phi) is 4.05. The summed E-state index contributed by atoms with van der Waals surface area (Å²) < 4.78 is 0. The van der Waals surface area contributed by atoms with Crippen LogP contribution in [0.2, 0.25) is 0 Å². The summed E-state index contributed by atoms with van der Waals surface area (Å²) in [6.45, 7) is 9.07. The van der Waals surface area contributed by atoms with E-state index in [9.17, 15) is 0 Å². The molecule has 2 aromatic carbocycles. The fraction of sp³-hybridized carbons (Fsp3) is 0.286. The zero-order valence-corrected chi connectivity index (χ0v) is 16.9. The van der Waals surface area contributed by atoms with E-state index in [1.54, 1.807) is 5.57 Å². The third kappa shape index (κ3) is 2.58. The Morgan fingerprint density at radius 2 is 1.82 bits per heavy atom. The zero-order valence-electron chi connectivity index (χ0n) is 16.9. The van der Waals surface area contributed by atoms with Crippen LogP contribution >= 0.6 is 0 Å². The molecule has 0 amide bonds. The smallest absolute Gasteiger partial charge is 0.0144 e. The SMILES string of the molecule is C=C1/C=C\C2(C)C3=C(C=CC2C/C=C\CC1C)c1c(ccc2ccccc12)C3. The first-order valence-corrected chi connectivity index (χ1v) is 10.5. The zero-order chi connectivity index (χ0) is 19.3. The lowest BCUT2D eigenvalue weighted by molar-refractivity contribution is 0.363. The van der Waals surface area contributed by atoms with Crippen molar-refractivity contribution in [3.05, 3.63) is 102 Å². The maximum Gasteiger partial charge on any atom is 0.0144 e. The Balaban J connectivity index is 1.68. The van der Waals surface area contributed by atoms with E-state index >= 15 is 0 Å². The van der Waals surface area contributed by atoms with Crippen molar-refractivity contribution in [2.24, 2.45) is 17.3 Å². The molecule has 0 saturated carbocycles. The summed E-state index contributed by atoms with van der Waals surface area (Å²) in [5, 5.41) is 2.72. The van der Waals surface area contributed by atoms with Crippen LogP contribution < -0.4 is 0 Å². The normalized spacial score (nSPS) is 31.3. The van der Waals surface area contributed by atoms with E-state index < -0.39 is 0 Å². The van der Waals surface area contributed by atoms with Crippen molar-refractivity contribution in [1.29, 1.82) is 0 Å². The highest BCUT2D eigenvalue weighted by Crippen LogP contribution is 2.53. The molecule has 2 aromatic rings. The van der Waals surface area contributed by atoms with Crippen LogP contribution in [0.25, 0.3) is 16.3 Å². The molecule has 5 rings (SSSR count). The van der Waals surface area contributed by atoms with E-state index in [-0.39, 0.29) is 5.41 Å². The van der Waals surface area contributed by atoms with Gasteiger partial charge in [0.2, 0.25) is 0 Å². The third-order valence-electron chi connectivity index (χ3n) is 7.22. The van der Waals surface area contributed by atoms with Crippen molar-refractivity contribution in [2.45, 2.75) is 33.1 Å². The minimum absolute atomic E-state index is 0.0363. The van der Waals surface area contributed by atoms with E-state index in [4.69, 9.17) is 0 Å². The predicted molar refractivity (Wildman–Crippen MR) is 121 cm³/mol. The molecule has 0 bridgehead atoms. The molecule has 0 heterocycles. The van der Waals surface area contributed by atoms with Gasteiger partial charge >= 0.3 is 0 Å². The second-order valence-electron chi connectivity index (χ2n) is 8.89. The lowest BCUT2D eigenvalue weighted by atomic mass is 9.65. The van der Waals surface area contributed by atoms with Crippen molar-refractivity contribution >= 4 is 16.3 Å². The molecular formula is C28H28. The number of allylic oxidation sites excluding steroid dienone is 9. The van der Waals surface area contributed by atoms with Gasteiger partial charge in [0.1, 0.15) is 0 Å². The molecular weight excluding hydrogens is 336 g/mol. The third-order valence-corrected chi connectivity index (χ3v) is 7.22. The average molecular weight is 365 g/mol. The van der Waals surface area contributed by atoms with Crippen LogP contribution in [0.4, 0.5) is 0 Å². The van der Waals surface area contributed by atoms with Gasteiger partial charge in [0.25, 0.3) is 0 Å². The largest absolute Gasteiger partial charge is 0.0956 e. The molecule has 0 saturated heterocycles. The molecule has 0 aromatic heterocycles. The standard InChI is InChI=1S/C28H28/c1-19-8-4-6-10-23-14-15-25-26(28(23,3)17-16-20(19)2)18-22-13-12-21-9-5-7-11-24(21)27(22)25/h4-7,9,11-17,19,23H,2,8,10,18H2,1,3H3/b6-4-,17-16-. The number of hydrogen-bond donors (Lipinski definition) is 0. The van der Waals surface area contributed by atoms with E-state index in [2.05, 4.69) is 93.3 Å². The highest BCUT2D eigenvalue weighted by Gasteiger charge is 2.41. The van der Waals surface area contributed by atoms with Crippen LogP contribution in [-0.2, 0) is 6.42 Å². The Hall–Kier alpha value is -2.60. The monoisotopic (exact) mass is 364 g/mol. The summed E-state index contributed by atoms with van der Waals surface area (Å²) in [5.74, 6) is 1.01. The summed E-state index contributed by atoms with van der Waals surface area (Å²) >= 11 is 0. The van der Waals surface area contributed by atoms with Crippen LogP contribution in [0.5, 0.6) is 0 Å². The Bertz CT molecular complexity index is 1090. The van der Waals surface area contributed by atoms with Crippen molar-refractivity contribution in [3.63, 3.8) is 0 Å². The molecule has 0 nitrogen and oxygen atoms in total. The quantitative estimate of drug-likeness (QED) is 0.426. The number of fused-ring (bicyclic) bond motifs is 6. The summed E-state index contributed by atoms with van der Waals surface area (Å²) in [6, 6.07) is 13.4. The maximum atomic E-state index is 4.35. The van der Waals surface area contributed by atoms with Crippen molar-refractivity contribution < 1.29 is 0 Å². The molecule has 3 aliphatic rings. The lowest BCUT2D eigenvalue weighted by Gasteiger charge is -2.39. The molecule has 0 spiro atoms. The first kappa shape index (κ1) is 17.5. The summed E-state index contributed by atoms with van der Waals surface area (Å²) in [5.41, 5.74) is 7.24. The topological polar surface area (TPSA) is 0 Å². The van der Waals surface area contributed by atoms with Crippen LogP contribution in [0.1, 0.15) is 37.8 Å². The minimum Gasteiger partial charge on any atom is -0.0956 e. The van der Waals surface area contributed by atoms with E-state index in [0.717, 1.165) is 19.3 Å². The van der Waals surface area contributed by atoms with Gasteiger partial charge < -0.3 is 0 Å². The van der Waals surface area contributed by atoms with Gasteiger partial charge in [0.15, 0.2) is 0 Å². The molecule has 140 valence electrons. The van der Waals surface area contributed by atoms with Gasteiger partial charge in [-0.2, -0.15) is 0 Å². The summed E-state index contributed by atoms with van der Waals surface area (Å²) in [7, 11) is 0. The van der Waals surface area contributed by atoms with E-state index in [0.29, 0.717) is 11.8 Å². The molecule has 0 aliphatic heterocycles. The molecule has 3 aliphatic carbocycles. The van der Waals surface area contributed by atoms with Crippen LogP contribution in [0.15, 0.2) is 90.6 Å². The Labute approximate surface area is 168 Å². The summed E-state index contributed by atoms with van der Waals surface area (Å²) in [6.07, 6.45) is 17.6. The van der Waals surface area contributed by atoms with Crippen molar-refractivity contribution in [3.8, 4) is 0 Å².